The zero-order chi connectivity index (χ0) is 21.6. The molecule has 0 atom stereocenters. The highest BCUT2D eigenvalue weighted by molar-refractivity contribution is 5.94. The summed E-state index contributed by atoms with van der Waals surface area (Å²) in [6.45, 7) is 4.86. The van der Waals surface area contributed by atoms with E-state index in [2.05, 4.69) is 9.88 Å². The van der Waals surface area contributed by atoms with Gasteiger partial charge in [-0.15, -0.1) is 0 Å². The van der Waals surface area contributed by atoms with Crippen LogP contribution in [0.25, 0.3) is 11.5 Å². The molecule has 8 nitrogen and oxygen atoms in total. The number of aromatic nitrogens is 3. The quantitative estimate of drug-likeness (QED) is 0.540. The molecule has 4 heterocycles. The Morgan fingerprint density at radius 1 is 1.06 bits per heavy atom. The second-order valence-corrected chi connectivity index (χ2v) is 7.96. The van der Waals surface area contributed by atoms with Gasteiger partial charge in [-0.25, -0.2) is 9.97 Å². The molecule has 2 aliphatic heterocycles. The van der Waals surface area contributed by atoms with Crippen LogP contribution in [0.3, 0.4) is 0 Å². The molecule has 0 N–H and O–H groups in total. The molecule has 0 saturated carbocycles. The number of anilines is 1. The number of amides is 1. The van der Waals surface area contributed by atoms with E-state index in [-0.39, 0.29) is 18.9 Å². The van der Waals surface area contributed by atoms with Crippen LogP contribution in [-0.2, 0) is 27.3 Å². The number of hydrogen-bond donors (Lipinski definition) is 0. The van der Waals surface area contributed by atoms with E-state index in [0.29, 0.717) is 25.3 Å². The number of ether oxygens (including phenoxy) is 1. The number of esters is 1. The largest absolute Gasteiger partial charge is 0.466 e. The summed E-state index contributed by atoms with van der Waals surface area (Å²) >= 11 is 0. The molecule has 0 unspecified atom stereocenters. The molecule has 0 aromatic carbocycles. The minimum absolute atomic E-state index is 0.209. The molecule has 8 heteroatoms. The first-order chi connectivity index (χ1) is 15.2. The molecule has 0 aliphatic carbocycles. The van der Waals surface area contributed by atoms with Crippen molar-refractivity contribution >= 4 is 17.7 Å². The van der Waals surface area contributed by atoms with Gasteiger partial charge in [0.25, 0.3) is 0 Å². The lowest BCUT2D eigenvalue weighted by Gasteiger charge is -2.32. The predicted octanol–water partition coefficient (Wildman–Crippen LogP) is 2.76. The molecule has 0 bridgehead atoms. The third-order valence-corrected chi connectivity index (χ3v) is 5.79. The Labute approximate surface area is 182 Å². The maximum atomic E-state index is 12.7. The van der Waals surface area contributed by atoms with Crippen molar-refractivity contribution in [2.45, 2.75) is 52.0 Å². The fourth-order valence-electron chi connectivity index (χ4n) is 4.21. The normalized spacial score (nSPS) is 16.4. The van der Waals surface area contributed by atoms with E-state index in [0.717, 1.165) is 48.7 Å². The smallest absolute Gasteiger partial charge is 0.315 e. The van der Waals surface area contributed by atoms with E-state index < -0.39 is 5.97 Å². The molecule has 1 saturated heterocycles. The van der Waals surface area contributed by atoms with Crippen LogP contribution < -0.4 is 4.90 Å². The van der Waals surface area contributed by atoms with Crippen LogP contribution in [0.1, 0.15) is 50.3 Å². The van der Waals surface area contributed by atoms with E-state index in [1.54, 1.807) is 18.0 Å². The van der Waals surface area contributed by atoms with Crippen molar-refractivity contribution in [1.29, 1.82) is 0 Å². The van der Waals surface area contributed by atoms with Crippen molar-refractivity contribution in [2.24, 2.45) is 0 Å². The Balaban J connectivity index is 1.66. The third kappa shape index (κ3) is 5.00. The molecule has 1 fully saturated rings. The number of rotatable bonds is 5. The molecule has 164 valence electrons. The Morgan fingerprint density at radius 3 is 2.58 bits per heavy atom. The number of nitrogens with zero attached hydrogens (tertiary/aromatic N) is 5. The van der Waals surface area contributed by atoms with Gasteiger partial charge in [0, 0.05) is 37.8 Å². The lowest BCUT2D eigenvalue weighted by Crippen LogP contribution is -2.39. The molecular formula is C23H29N5O3. The lowest BCUT2D eigenvalue weighted by molar-refractivity contribution is -0.148. The zero-order valence-corrected chi connectivity index (χ0v) is 18.0. The Morgan fingerprint density at radius 2 is 1.87 bits per heavy atom. The second-order valence-electron chi connectivity index (χ2n) is 7.96. The lowest BCUT2D eigenvalue weighted by atomic mass is 10.0. The molecule has 31 heavy (non-hydrogen) atoms. The third-order valence-electron chi connectivity index (χ3n) is 5.79. The van der Waals surface area contributed by atoms with Gasteiger partial charge in [-0.05, 0) is 31.9 Å². The van der Waals surface area contributed by atoms with Gasteiger partial charge < -0.3 is 14.5 Å². The Bertz CT molecular complexity index is 926. The monoisotopic (exact) mass is 423 g/mol. The van der Waals surface area contributed by atoms with Gasteiger partial charge in [-0.1, -0.05) is 18.9 Å². The number of hydrogen-bond acceptors (Lipinski definition) is 7. The van der Waals surface area contributed by atoms with E-state index >= 15 is 0 Å². The summed E-state index contributed by atoms with van der Waals surface area (Å²) < 4.78 is 4.94. The van der Waals surface area contributed by atoms with Crippen molar-refractivity contribution in [1.82, 2.24) is 19.9 Å². The predicted molar refractivity (Wildman–Crippen MR) is 116 cm³/mol. The van der Waals surface area contributed by atoms with Gasteiger partial charge in [0.1, 0.15) is 17.9 Å². The minimum atomic E-state index is -0.479. The van der Waals surface area contributed by atoms with Crippen LogP contribution in [0.15, 0.2) is 24.4 Å². The van der Waals surface area contributed by atoms with E-state index in [1.165, 1.54) is 12.8 Å². The summed E-state index contributed by atoms with van der Waals surface area (Å²) in [5, 5.41) is 0. The first kappa shape index (κ1) is 21.2. The van der Waals surface area contributed by atoms with Gasteiger partial charge in [-0.2, -0.15) is 0 Å². The van der Waals surface area contributed by atoms with Crippen LogP contribution in [0.5, 0.6) is 0 Å². The maximum absolute atomic E-state index is 12.7. The van der Waals surface area contributed by atoms with Gasteiger partial charge in [0.15, 0.2) is 5.82 Å². The molecule has 4 rings (SSSR count). The van der Waals surface area contributed by atoms with E-state index in [4.69, 9.17) is 14.7 Å². The first-order valence-corrected chi connectivity index (χ1v) is 11.1. The van der Waals surface area contributed by atoms with Crippen LogP contribution in [-0.4, -0.2) is 58.0 Å². The van der Waals surface area contributed by atoms with Gasteiger partial charge >= 0.3 is 5.97 Å². The second kappa shape index (κ2) is 9.85. The van der Waals surface area contributed by atoms with E-state index in [9.17, 15) is 9.59 Å². The van der Waals surface area contributed by atoms with Gasteiger partial charge in [0.2, 0.25) is 5.91 Å². The highest BCUT2D eigenvalue weighted by Crippen LogP contribution is 2.30. The van der Waals surface area contributed by atoms with Gasteiger partial charge in [-0.3, -0.25) is 14.6 Å². The first-order valence-electron chi connectivity index (χ1n) is 11.1. The summed E-state index contributed by atoms with van der Waals surface area (Å²) in [5.74, 6) is 0.846. The summed E-state index contributed by atoms with van der Waals surface area (Å²) in [7, 11) is 0. The highest BCUT2D eigenvalue weighted by atomic mass is 16.5. The summed E-state index contributed by atoms with van der Waals surface area (Å²) in [5.41, 5.74) is 2.71. The topological polar surface area (TPSA) is 88.5 Å². The fraction of sp³-hybridized carbons (Fsp3) is 0.522. The fourth-order valence-corrected chi connectivity index (χ4v) is 4.21. The number of carbonyl (C=O) groups excluding carboxylic acids is 2. The molecule has 0 radical (unpaired) electrons. The summed E-state index contributed by atoms with van der Waals surface area (Å²) in [6, 6.07) is 5.74. The zero-order valence-electron chi connectivity index (χ0n) is 18.0. The van der Waals surface area contributed by atoms with Crippen molar-refractivity contribution in [3.8, 4) is 11.5 Å². The summed E-state index contributed by atoms with van der Waals surface area (Å²) in [6.07, 6.45) is 6.86. The van der Waals surface area contributed by atoms with Crippen LogP contribution in [0.4, 0.5) is 5.82 Å². The molecule has 0 spiro atoms. The average Bonchev–Trinajstić information content (AvgIpc) is 3.08. The van der Waals surface area contributed by atoms with Crippen molar-refractivity contribution in [2.75, 3.05) is 31.1 Å². The Hall–Kier alpha value is -3.03. The number of pyridine rings is 1. The molecule has 1 amide bonds. The van der Waals surface area contributed by atoms with Crippen LogP contribution in [0.2, 0.25) is 0 Å². The highest BCUT2D eigenvalue weighted by Gasteiger charge is 2.29. The average molecular weight is 424 g/mol. The molecular weight excluding hydrogens is 394 g/mol. The van der Waals surface area contributed by atoms with E-state index in [1.807, 2.05) is 18.2 Å². The van der Waals surface area contributed by atoms with Crippen LogP contribution in [0, 0.1) is 0 Å². The van der Waals surface area contributed by atoms with Gasteiger partial charge in [0.05, 0.1) is 18.8 Å². The molecule has 2 aliphatic rings. The molecule has 2 aromatic rings. The number of fused-ring (bicyclic) bond motifs is 1. The van der Waals surface area contributed by atoms with Crippen LogP contribution >= 0.6 is 0 Å². The molecule has 2 aromatic heterocycles. The SMILES string of the molecule is CCOC(=O)CC(=O)N1CCc2nc(-c3ccccn3)nc(N3CCCCCC3)c2C1. The standard InChI is InChI=1S/C23H29N5O3/c1-2-31-21(30)15-20(29)28-14-10-18-17(16-28)23(27-12-7-3-4-8-13-27)26-22(25-18)19-9-5-6-11-24-19/h5-6,9,11H,2-4,7-8,10,12-16H2,1H3. The summed E-state index contributed by atoms with van der Waals surface area (Å²) in [4.78, 5) is 42.7. The maximum Gasteiger partial charge on any atom is 0.315 e. The number of carbonyl (C=O) groups is 2. The minimum Gasteiger partial charge on any atom is -0.466 e. The van der Waals surface area contributed by atoms with Crippen molar-refractivity contribution in [3.05, 3.63) is 35.7 Å². The Kier molecular flexibility index (Phi) is 6.74. The van der Waals surface area contributed by atoms with Crippen molar-refractivity contribution in [3.63, 3.8) is 0 Å². The van der Waals surface area contributed by atoms with Crippen molar-refractivity contribution < 1.29 is 14.3 Å².